The Balaban J connectivity index is 2.19. The molecule has 5 nitrogen and oxygen atoms in total. The topological polar surface area (TPSA) is 70.5 Å². The van der Waals surface area contributed by atoms with Crippen molar-refractivity contribution in [1.82, 2.24) is 9.88 Å². The summed E-state index contributed by atoms with van der Waals surface area (Å²) in [6, 6.07) is 3.50. The molecule has 1 aromatic heterocycles. The van der Waals surface area contributed by atoms with Crippen molar-refractivity contribution in [1.29, 1.82) is 0 Å². The van der Waals surface area contributed by atoms with Crippen LogP contribution in [0.2, 0.25) is 0 Å². The van der Waals surface area contributed by atoms with Crippen LogP contribution in [0.5, 0.6) is 0 Å². The Morgan fingerprint density at radius 1 is 1.37 bits per heavy atom. The van der Waals surface area contributed by atoms with Gasteiger partial charge < -0.3 is 10.0 Å². The van der Waals surface area contributed by atoms with Crippen LogP contribution in [-0.2, 0) is 4.79 Å². The van der Waals surface area contributed by atoms with Crippen LogP contribution >= 0.6 is 0 Å². The zero-order valence-electron chi connectivity index (χ0n) is 11.2. The molecular formula is C14H18N2O3. The molecule has 0 aromatic carbocycles. The molecule has 1 N–H and O–H groups in total. The number of nitrogens with zero attached hydrogens (tertiary/aromatic N) is 2. The summed E-state index contributed by atoms with van der Waals surface area (Å²) in [5.74, 6) is -0.756. The molecule has 19 heavy (non-hydrogen) atoms. The van der Waals surface area contributed by atoms with Crippen molar-refractivity contribution in [3.8, 4) is 0 Å². The summed E-state index contributed by atoms with van der Waals surface area (Å²) >= 11 is 0. The van der Waals surface area contributed by atoms with Crippen LogP contribution in [0.15, 0.2) is 12.1 Å². The average molecular weight is 262 g/mol. The highest BCUT2D eigenvalue weighted by Gasteiger charge is 2.29. The van der Waals surface area contributed by atoms with Gasteiger partial charge in [-0.3, -0.25) is 14.6 Å². The molecule has 5 heteroatoms. The fourth-order valence-corrected chi connectivity index (χ4v) is 2.08. The number of carbonyl (C=O) groups excluding carboxylic acids is 1. The van der Waals surface area contributed by atoms with Crippen LogP contribution in [0.1, 0.15) is 34.6 Å². The van der Waals surface area contributed by atoms with Gasteiger partial charge in [0.25, 0.3) is 5.91 Å². The minimum absolute atomic E-state index is 0.237. The fourth-order valence-electron chi connectivity index (χ4n) is 2.08. The number of rotatable bonds is 5. The second-order valence-electron chi connectivity index (χ2n) is 5.11. The Labute approximate surface area is 112 Å². The summed E-state index contributed by atoms with van der Waals surface area (Å²) in [6.07, 6.45) is 2.16. The molecule has 0 saturated heterocycles. The number of aryl methyl sites for hydroxylation is 2. The summed E-state index contributed by atoms with van der Waals surface area (Å²) in [5, 5.41) is 8.92. The van der Waals surface area contributed by atoms with Crippen molar-refractivity contribution in [2.45, 2.75) is 26.7 Å². The van der Waals surface area contributed by atoms with E-state index in [0.717, 1.165) is 18.5 Å². The SMILES string of the molecule is Cc1ccc(C(=O)N(CC(=O)O)CC2CC2)c(C)n1. The molecule has 1 aliphatic rings. The van der Waals surface area contributed by atoms with Gasteiger partial charge >= 0.3 is 5.97 Å². The zero-order valence-corrected chi connectivity index (χ0v) is 11.2. The summed E-state index contributed by atoms with van der Waals surface area (Å²) in [7, 11) is 0. The first kappa shape index (κ1) is 13.5. The molecule has 0 radical (unpaired) electrons. The van der Waals surface area contributed by atoms with E-state index in [2.05, 4.69) is 4.98 Å². The molecule has 1 aliphatic carbocycles. The van der Waals surface area contributed by atoms with Crippen molar-refractivity contribution in [2.75, 3.05) is 13.1 Å². The average Bonchev–Trinajstić information content (AvgIpc) is 3.10. The Morgan fingerprint density at radius 3 is 2.58 bits per heavy atom. The van der Waals surface area contributed by atoms with Gasteiger partial charge in [0.15, 0.2) is 0 Å². The number of aromatic nitrogens is 1. The van der Waals surface area contributed by atoms with Gasteiger partial charge in [0.05, 0.1) is 11.3 Å². The minimum Gasteiger partial charge on any atom is -0.480 e. The molecule has 0 aliphatic heterocycles. The first-order chi connectivity index (χ1) is 8.97. The number of carboxylic acids is 1. The number of hydrogen-bond acceptors (Lipinski definition) is 3. The molecule has 0 atom stereocenters. The molecule has 1 aromatic rings. The number of amides is 1. The van der Waals surface area contributed by atoms with E-state index in [-0.39, 0.29) is 12.5 Å². The lowest BCUT2D eigenvalue weighted by Gasteiger charge is -2.21. The predicted octanol–water partition coefficient (Wildman–Crippen LogP) is 1.64. The van der Waals surface area contributed by atoms with Gasteiger partial charge in [0.2, 0.25) is 0 Å². The standard InChI is InChI=1S/C14H18N2O3/c1-9-3-6-12(10(2)15-9)14(19)16(8-13(17)18)7-11-4-5-11/h3,6,11H,4-5,7-8H2,1-2H3,(H,17,18). The van der Waals surface area contributed by atoms with Crippen LogP contribution < -0.4 is 0 Å². The van der Waals surface area contributed by atoms with Gasteiger partial charge in [-0.25, -0.2) is 0 Å². The fraction of sp³-hybridized carbons (Fsp3) is 0.500. The van der Waals surface area contributed by atoms with Gasteiger partial charge in [-0.2, -0.15) is 0 Å². The number of carbonyl (C=O) groups is 2. The Morgan fingerprint density at radius 2 is 2.05 bits per heavy atom. The van der Waals surface area contributed by atoms with E-state index in [9.17, 15) is 9.59 Å². The van der Waals surface area contributed by atoms with Gasteiger partial charge in [-0.1, -0.05) is 0 Å². The third kappa shape index (κ3) is 3.53. The summed E-state index contributed by atoms with van der Waals surface area (Å²) in [5.41, 5.74) is 1.99. The van der Waals surface area contributed by atoms with Crippen LogP contribution in [0.4, 0.5) is 0 Å². The minimum atomic E-state index is -0.980. The second-order valence-corrected chi connectivity index (χ2v) is 5.11. The first-order valence-electron chi connectivity index (χ1n) is 6.42. The molecule has 0 bridgehead atoms. The zero-order chi connectivity index (χ0) is 14.0. The summed E-state index contributed by atoms with van der Waals surface area (Å²) in [4.78, 5) is 28.9. The Bertz CT molecular complexity index is 509. The highest BCUT2D eigenvalue weighted by molar-refractivity contribution is 5.96. The molecule has 0 unspecified atom stereocenters. The van der Waals surface area contributed by atoms with E-state index in [1.807, 2.05) is 6.92 Å². The normalized spacial score (nSPS) is 14.2. The van der Waals surface area contributed by atoms with E-state index in [1.54, 1.807) is 19.1 Å². The monoisotopic (exact) mass is 262 g/mol. The van der Waals surface area contributed by atoms with Crippen molar-refractivity contribution in [2.24, 2.45) is 5.92 Å². The molecule has 102 valence electrons. The molecule has 1 heterocycles. The largest absolute Gasteiger partial charge is 0.480 e. The van der Waals surface area contributed by atoms with Crippen LogP contribution in [-0.4, -0.2) is 40.0 Å². The van der Waals surface area contributed by atoms with Gasteiger partial charge in [-0.05, 0) is 44.7 Å². The third-order valence-electron chi connectivity index (χ3n) is 3.24. The van der Waals surface area contributed by atoms with E-state index >= 15 is 0 Å². The lowest BCUT2D eigenvalue weighted by atomic mass is 10.1. The number of aliphatic carboxylic acids is 1. The second kappa shape index (κ2) is 5.38. The molecular weight excluding hydrogens is 244 g/mol. The molecule has 1 fully saturated rings. The number of hydrogen-bond donors (Lipinski definition) is 1. The van der Waals surface area contributed by atoms with Crippen LogP contribution in [0.25, 0.3) is 0 Å². The molecule has 0 spiro atoms. The molecule has 2 rings (SSSR count). The van der Waals surface area contributed by atoms with Crippen LogP contribution in [0, 0.1) is 19.8 Å². The highest BCUT2D eigenvalue weighted by Crippen LogP contribution is 2.30. The van der Waals surface area contributed by atoms with Gasteiger partial charge in [-0.15, -0.1) is 0 Å². The smallest absolute Gasteiger partial charge is 0.323 e. The maximum atomic E-state index is 12.4. The highest BCUT2D eigenvalue weighted by atomic mass is 16.4. The van der Waals surface area contributed by atoms with Gasteiger partial charge in [0, 0.05) is 12.2 Å². The van der Waals surface area contributed by atoms with Crippen molar-refractivity contribution >= 4 is 11.9 Å². The summed E-state index contributed by atoms with van der Waals surface area (Å²) < 4.78 is 0. The number of carboxylic acid groups (broad SMARTS) is 1. The molecule has 1 saturated carbocycles. The Hall–Kier alpha value is -1.91. The van der Waals surface area contributed by atoms with Crippen LogP contribution in [0.3, 0.4) is 0 Å². The lowest BCUT2D eigenvalue weighted by Crippen LogP contribution is -2.37. The third-order valence-corrected chi connectivity index (χ3v) is 3.24. The van der Waals surface area contributed by atoms with Crippen molar-refractivity contribution < 1.29 is 14.7 Å². The maximum absolute atomic E-state index is 12.4. The van der Waals surface area contributed by atoms with Gasteiger partial charge in [0.1, 0.15) is 6.54 Å². The Kier molecular flexibility index (Phi) is 3.83. The van der Waals surface area contributed by atoms with E-state index in [0.29, 0.717) is 23.7 Å². The number of pyridine rings is 1. The van der Waals surface area contributed by atoms with E-state index in [4.69, 9.17) is 5.11 Å². The first-order valence-corrected chi connectivity index (χ1v) is 6.42. The molecule has 1 amide bonds. The van der Waals surface area contributed by atoms with Crippen molar-refractivity contribution in [3.63, 3.8) is 0 Å². The lowest BCUT2D eigenvalue weighted by molar-refractivity contribution is -0.137. The quantitative estimate of drug-likeness (QED) is 0.875. The van der Waals surface area contributed by atoms with E-state index in [1.165, 1.54) is 4.90 Å². The van der Waals surface area contributed by atoms with Crippen molar-refractivity contribution in [3.05, 3.63) is 29.1 Å². The van der Waals surface area contributed by atoms with E-state index < -0.39 is 5.97 Å². The maximum Gasteiger partial charge on any atom is 0.323 e. The predicted molar refractivity (Wildman–Crippen MR) is 70.0 cm³/mol. The summed E-state index contributed by atoms with van der Waals surface area (Å²) in [6.45, 7) is 3.91.